The van der Waals surface area contributed by atoms with E-state index in [0.717, 1.165) is 27.5 Å². The third-order valence-electron chi connectivity index (χ3n) is 7.66. The van der Waals surface area contributed by atoms with Gasteiger partial charge >= 0.3 is 0 Å². The van der Waals surface area contributed by atoms with Gasteiger partial charge in [-0.1, -0.05) is 78.9 Å². The molecule has 0 unspecified atom stereocenters. The molecule has 7 nitrogen and oxygen atoms in total. The van der Waals surface area contributed by atoms with Crippen LogP contribution < -0.4 is 9.62 Å². The Morgan fingerprint density at radius 2 is 1.61 bits per heavy atom. The minimum atomic E-state index is -3.70. The van der Waals surface area contributed by atoms with Gasteiger partial charge in [-0.15, -0.1) is 0 Å². The second kappa shape index (κ2) is 12.1. The second-order valence-corrected chi connectivity index (χ2v) is 12.2. The summed E-state index contributed by atoms with van der Waals surface area (Å²) in [5.74, 6) is -0.393. The lowest BCUT2D eigenvalue weighted by molar-refractivity contribution is -0.141. The van der Waals surface area contributed by atoms with Crippen molar-refractivity contribution in [2.75, 3.05) is 17.4 Å². The van der Waals surface area contributed by atoms with Crippen LogP contribution in [-0.2, 0) is 32.6 Å². The number of benzene rings is 4. The highest BCUT2D eigenvalue weighted by molar-refractivity contribution is 7.93. The van der Waals surface area contributed by atoms with Crippen LogP contribution in [0.4, 0.5) is 5.69 Å². The molecule has 0 aromatic heterocycles. The first-order valence-electron chi connectivity index (χ1n) is 14.0. The van der Waals surface area contributed by atoms with E-state index in [-0.39, 0.29) is 31.3 Å². The fourth-order valence-corrected chi connectivity index (χ4v) is 7.28. The molecular weight excluding hydrogens is 534 g/mol. The summed E-state index contributed by atoms with van der Waals surface area (Å²) >= 11 is 0. The molecule has 0 spiro atoms. The number of hydrogen-bond acceptors (Lipinski definition) is 4. The maximum Gasteiger partial charge on any atom is 0.265 e. The molecule has 1 atom stereocenters. The van der Waals surface area contributed by atoms with Crippen molar-refractivity contribution >= 4 is 38.3 Å². The van der Waals surface area contributed by atoms with E-state index in [2.05, 4.69) is 5.32 Å². The minimum absolute atomic E-state index is 0.106. The summed E-state index contributed by atoms with van der Waals surface area (Å²) in [5.41, 5.74) is 3.60. The molecule has 4 aromatic carbocycles. The summed E-state index contributed by atoms with van der Waals surface area (Å²) in [6.45, 7) is 4.76. The SMILES string of the molecule is CCNC(=O)[C@H](Cc1ccccc1)N(Cc1ccccc1C)C(=O)CCCN1c2cccc3cccc(c23)S1(=O)=O. The van der Waals surface area contributed by atoms with Crippen molar-refractivity contribution < 1.29 is 18.0 Å². The van der Waals surface area contributed by atoms with Crippen LogP contribution in [-0.4, -0.2) is 44.3 Å². The smallest absolute Gasteiger partial charge is 0.265 e. The Bertz CT molecular complexity index is 1670. The summed E-state index contributed by atoms with van der Waals surface area (Å²) < 4.78 is 28.2. The van der Waals surface area contributed by atoms with Crippen LogP contribution in [0.2, 0.25) is 0 Å². The van der Waals surface area contributed by atoms with Gasteiger partial charge in [-0.05, 0) is 54.5 Å². The number of carbonyl (C=O) groups is 2. The molecule has 41 heavy (non-hydrogen) atoms. The summed E-state index contributed by atoms with van der Waals surface area (Å²) in [5, 5.41) is 4.51. The number of anilines is 1. The van der Waals surface area contributed by atoms with Crippen LogP contribution >= 0.6 is 0 Å². The molecule has 0 fully saturated rings. The van der Waals surface area contributed by atoms with Gasteiger partial charge in [0, 0.05) is 37.9 Å². The molecule has 212 valence electrons. The number of likely N-dealkylation sites (N-methyl/N-ethyl adjacent to an activating group) is 1. The van der Waals surface area contributed by atoms with Crippen molar-refractivity contribution in [1.82, 2.24) is 10.2 Å². The predicted molar refractivity (Wildman–Crippen MR) is 162 cm³/mol. The molecule has 1 N–H and O–H groups in total. The Hall–Kier alpha value is -4.17. The highest BCUT2D eigenvalue weighted by atomic mass is 32.2. The van der Waals surface area contributed by atoms with Crippen molar-refractivity contribution in [1.29, 1.82) is 0 Å². The fourth-order valence-electron chi connectivity index (χ4n) is 5.53. The number of nitrogens with one attached hydrogen (secondary N) is 1. The first kappa shape index (κ1) is 28.4. The first-order chi connectivity index (χ1) is 19.8. The Balaban J connectivity index is 1.39. The normalized spacial score (nSPS) is 14.1. The van der Waals surface area contributed by atoms with E-state index >= 15 is 0 Å². The molecule has 0 bridgehead atoms. The molecule has 0 saturated carbocycles. The molecule has 5 rings (SSSR count). The van der Waals surface area contributed by atoms with Crippen LogP contribution in [0.5, 0.6) is 0 Å². The van der Waals surface area contributed by atoms with E-state index in [9.17, 15) is 18.0 Å². The number of carbonyl (C=O) groups excluding carboxylic acids is 2. The van der Waals surface area contributed by atoms with Gasteiger partial charge in [0.2, 0.25) is 11.8 Å². The molecule has 1 aliphatic heterocycles. The third kappa shape index (κ3) is 5.84. The molecule has 4 aromatic rings. The lowest BCUT2D eigenvalue weighted by Crippen LogP contribution is -2.50. The molecule has 0 saturated heterocycles. The van der Waals surface area contributed by atoms with Crippen molar-refractivity contribution in [3.05, 3.63) is 108 Å². The monoisotopic (exact) mass is 569 g/mol. The van der Waals surface area contributed by atoms with Gasteiger partial charge in [-0.2, -0.15) is 0 Å². The van der Waals surface area contributed by atoms with Gasteiger partial charge in [-0.3, -0.25) is 13.9 Å². The quantitative estimate of drug-likeness (QED) is 0.269. The van der Waals surface area contributed by atoms with E-state index in [0.29, 0.717) is 30.0 Å². The lowest BCUT2D eigenvalue weighted by atomic mass is 10.0. The summed E-state index contributed by atoms with van der Waals surface area (Å²) in [4.78, 5) is 29.3. The Labute approximate surface area is 241 Å². The van der Waals surface area contributed by atoms with Crippen molar-refractivity contribution in [3.8, 4) is 0 Å². The van der Waals surface area contributed by atoms with Crippen LogP contribution in [0.3, 0.4) is 0 Å². The standard InChI is InChI=1S/C33H35N3O4S/c1-3-34-33(38)29(22-25-13-5-4-6-14-25)35(23-27-15-8-7-12-24(27)2)31(37)20-11-21-36-28-18-9-16-26-17-10-19-30(32(26)28)41(36,39)40/h4-10,12-19,29H,3,11,20-23H2,1-2H3,(H,34,38)/t29-/m0/s1. The van der Waals surface area contributed by atoms with Gasteiger partial charge in [0.1, 0.15) is 6.04 Å². The lowest BCUT2D eigenvalue weighted by Gasteiger charge is -2.32. The van der Waals surface area contributed by atoms with Crippen LogP contribution in [0.1, 0.15) is 36.5 Å². The number of sulfonamides is 1. The zero-order valence-corrected chi connectivity index (χ0v) is 24.2. The zero-order valence-electron chi connectivity index (χ0n) is 23.4. The highest BCUT2D eigenvalue weighted by Gasteiger charge is 2.36. The van der Waals surface area contributed by atoms with E-state index in [1.165, 1.54) is 4.31 Å². The average Bonchev–Trinajstić information content (AvgIpc) is 3.19. The average molecular weight is 570 g/mol. The van der Waals surface area contributed by atoms with Crippen molar-refractivity contribution in [2.24, 2.45) is 0 Å². The van der Waals surface area contributed by atoms with E-state index in [4.69, 9.17) is 0 Å². The summed E-state index contributed by atoms with van der Waals surface area (Å²) in [7, 11) is -3.70. The van der Waals surface area contributed by atoms with Gasteiger partial charge in [0.25, 0.3) is 10.0 Å². The fraction of sp³-hybridized carbons (Fsp3) is 0.273. The van der Waals surface area contributed by atoms with Crippen molar-refractivity contribution in [3.63, 3.8) is 0 Å². The second-order valence-electron chi connectivity index (χ2n) is 10.4. The van der Waals surface area contributed by atoms with Gasteiger partial charge < -0.3 is 10.2 Å². The van der Waals surface area contributed by atoms with E-state index in [1.807, 2.05) is 92.7 Å². The van der Waals surface area contributed by atoms with Gasteiger partial charge in [-0.25, -0.2) is 8.42 Å². The van der Waals surface area contributed by atoms with Gasteiger partial charge in [0.05, 0.1) is 10.6 Å². The Morgan fingerprint density at radius 1 is 0.902 bits per heavy atom. The maximum absolute atomic E-state index is 13.9. The molecule has 1 aliphatic rings. The van der Waals surface area contributed by atoms with Gasteiger partial charge in [0.15, 0.2) is 0 Å². The predicted octanol–water partition coefficient (Wildman–Crippen LogP) is 5.21. The highest BCUT2D eigenvalue weighted by Crippen LogP contribution is 2.42. The Kier molecular flexibility index (Phi) is 8.40. The number of nitrogens with zero attached hydrogens (tertiary/aromatic N) is 2. The summed E-state index contributed by atoms with van der Waals surface area (Å²) in [6, 6.07) is 27.7. The minimum Gasteiger partial charge on any atom is -0.355 e. The zero-order chi connectivity index (χ0) is 29.0. The molecule has 8 heteroatoms. The van der Waals surface area contributed by atoms with E-state index < -0.39 is 16.1 Å². The molecule has 2 amide bonds. The molecule has 0 radical (unpaired) electrons. The van der Waals surface area contributed by atoms with E-state index in [1.54, 1.807) is 17.0 Å². The van der Waals surface area contributed by atoms with Crippen LogP contribution in [0, 0.1) is 6.92 Å². The van der Waals surface area contributed by atoms with Crippen LogP contribution in [0.25, 0.3) is 10.8 Å². The number of hydrogen-bond donors (Lipinski definition) is 1. The maximum atomic E-state index is 13.9. The number of amides is 2. The molecule has 0 aliphatic carbocycles. The molecular formula is C33H35N3O4S. The van der Waals surface area contributed by atoms with Crippen LogP contribution in [0.15, 0.2) is 95.9 Å². The topological polar surface area (TPSA) is 86.8 Å². The first-order valence-corrected chi connectivity index (χ1v) is 15.5. The van der Waals surface area contributed by atoms with Crippen molar-refractivity contribution in [2.45, 2.75) is 50.6 Å². The largest absolute Gasteiger partial charge is 0.355 e. The molecule has 1 heterocycles. The number of rotatable bonds is 11. The number of aryl methyl sites for hydroxylation is 1. The summed E-state index contributed by atoms with van der Waals surface area (Å²) in [6.07, 6.45) is 0.803. The Morgan fingerprint density at radius 3 is 2.34 bits per heavy atom. The third-order valence-corrected chi connectivity index (χ3v) is 9.51.